The zero-order valence-corrected chi connectivity index (χ0v) is 13.1. The average molecular weight is 340 g/mol. The zero-order valence-electron chi connectivity index (χ0n) is 12.4. The molecule has 0 saturated carbocycles. The van der Waals surface area contributed by atoms with Gasteiger partial charge in [-0.25, -0.2) is 8.78 Å². The van der Waals surface area contributed by atoms with Gasteiger partial charge in [-0.2, -0.15) is 0 Å². The Morgan fingerprint density at radius 2 is 1.87 bits per heavy atom. The van der Waals surface area contributed by atoms with Gasteiger partial charge in [-0.3, -0.25) is 4.79 Å². The van der Waals surface area contributed by atoms with Gasteiger partial charge in [0.05, 0.1) is 18.6 Å². The summed E-state index contributed by atoms with van der Waals surface area (Å²) in [6, 6.07) is 9.08. The van der Waals surface area contributed by atoms with E-state index in [1.165, 1.54) is 6.07 Å². The molecule has 2 N–H and O–H groups in total. The van der Waals surface area contributed by atoms with Gasteiger partial charge in [0.25, 0.3) is 0 Å². The first kappa shape index (κ1) is 17.4. The Morgan fingerprint density at radius 3 is 2.48 bits per heavy atom. The Hall–Kier alpha value is -1.98. The number of hydrogen-bond donors (Lipinski definition) is 2. The summed E-state index contributed by atoms with van der Waals surface area (Å²) in [6.45, 7) is 1.64. The van der Waals surface area contributed by atoms with E-state index < -0.39 is 29.7 Å². The summed E-state index contributed by atoms with van der Waals surface area (Å²) in [6.07, 6.45) is -1.15. The predicted molar refractivity (Wildman–Crippen MR) is 84.1 cm³/mol. The second-order valence-electron chi connectivity index (χ2n) is 5.27. The Balaban J connectivity index is 1.97. The van der Waals surface area contributed by atoms with E-state index in [4.69, 9.17) is 11.6 Å². The summed E-state index contributed by atoms with van der Waals surface area (Å²) in [5, 5.41) is 13.4. The molecule has 1 amide bonds. The van der Waals surface area contributed by atoms with E-state index in [0.717, 1.165) is 12.1 Å². The molecule has 23 heavy (non-hydrogen) atoms. The minimum atomic E-state index is -0.922. The smallest absolute Gasteiger partial charge is 0.224 e. The fourth-order valence-corrected chi connectivity index (χ4v) is 2.30. The molecular formula is C17H16ClF2NO2. The van der Waals surface area contributed by atoms with Crippen molar-refractivity contribution in [2.45, 2.75) is 25.5 Å². The summed E-state index contributed by atoms with van der Waals surface area (Å²) in [5.41, 5.74) is 0.701. The molecule has 2 rings (SSSR count). The Labute approximate surface area is 137 Å². The number of nitrogens with one attached hydrogen (secondary N) is 1. The highest BCUT2D eigenvalue weighted by atomic mass is 35.5. The van der Waals surface area contributed by atoms with E-state index in [2.05, 4.69) is 5.32 Å². The van der Waals surface area contributed by atoms with E-state index in [-0.39, 0.29) is 12.0 Å². The lowest BCUT2D eigenvalue weighted by Gasteiger charge is -2.21. The third kappa shape index (κ3) is 4.74. The second kappa shape index (κ2) is 7.53. The molecule has 0 heterocycles. The van der Waals surface area contributed by atoms with Crippen molar-refractivity contribution < 1.29 is 18.7 Å². The maximum absolute atomic E-state index is 13.5. The first-order valence-electron chi connectivity index (χ1n) is 7.03. The SMILES string of the molecule is CC(NC(=O)Cc1ccc(F)cc1F)C(O)c1ccc(Cl)cc1. The lowest BCUT2D eigenvalue weighted by molar-refractivity contribution is -0.121. The normalized spacial score (nSPS) is 13.4. The maximum Gasteiger partial charge on any atom is 0.224 e. The predicted octanol–water partition coefficient (Wildman–Crippen LogP) is 3.40. The zero-order chi connectivity index (χ0) is 17.0. The van der Waals surface area contributed by atoms with Gasteiger partial charge in [0, 0.05) is 11.1 Å². The van der Waals surface area contributed by atoms with Crippen LogP contribution in [0.1, 0.15) is 24.2 Å². The van der Waals surface area contributed by atoms with E-state index in [0.29, 0.717) is 10.6 Å². The van der Waals surface area contributed by atoms with Crippen LogP contribution in [-0.4, -0.2) is 17.1 Å². The molecule has 2 aromatic carbocycles. The lowest BCUT2D eigenvalue weighted by Crippen LogP contribution is -2.38. The van der Waals surface area contributed by atoms with Gasteiger partial charge in [0.2, 0.25) is 5.91 Å². The van der Waals surface area contributed by atoms with Gasteiger partial charge in [-0.05, 0) is 36.2 Å². The van der Waals surface area contributed by atoms with Crippen molar-refractivity contribution in [3.05, 3.63) is 70.2 Å². The number of hydrogen-bond acceptors (Lipinski definition) is 2. The van der Waals surface area contributed by atoms with E-state index in [1.807, 2.05) is 0 Å². The minimum absolute atomic E-state index is 0.0945. The summed E-state index contributed by atoms with van der Waals surface area (Å²) in [7, 11) is 0. The molecule has 0 aliphatic heterocycles. The first-order chi connectivity index (χ1) is 10.9. The van der Waals surface area contributed by atoms with Crippen LogP contribution in [0.25, 0.3) is 0 Å². The summed E-state index contributed by atoms with van der Waals surface area (Å²) in [4.78, 5) is 11.9. The molecule has 0 radical (unpaired) electrons. The highest BCUT2D eigenvalue weighted by Crippen LogP contribution is 2.19. The third-order valence-electron chi connectivity index (χ3n) is 3.44. The molecular weight excluding hydrogens is 324 g/mol. The molecule has 2 unspecified atom stereocenters. The molecule has 2 atom stereocenters. The average Bonchev–Trinajstić information content (AvgIpc) is 2.50. The Bertz CT molecular complexity index is 691. The van der Waals surface area contributed by atoms with Crippen LogP contribution in [0.15, 0.2) is 42.5 Å². The summed E-state index contributed by atoms with van der Waals surface area (Å²) in [5.74, 6) is -1.93. The summed E-state index contributed by atoms with van der Waals surface area (Å²) < 4.78 is 26.4. The molecule has 0 fully saturated rings. The topological polar surface area (TPSA) is 49.3 Å². The monoisotopic (exact) mass is 339 g/mol. The van der Waals surface area contributed by atoms with Crippen molar-refractivity contribution in [3.8, 4) is 0 Å². The minimum Gasteiger partial charge on any atom is -0.386 e. The van der Waals surface area contributed by atoms with Crippen molar-refractivity contribution in [2.24, 2.45) is 0 Å². The molecule has 122 valence electrons. The standard InChI is InChI=1S/C17H16ClF2NO2/c1-10(17(23)11-2-5-13(18)6-3-11)21-16(22)8-12-4-7-14(19)9-15(12)20/h2-7,9-10,17,23H,8H2,1H3,(H,21,22). The molecule has 0 aliphatic rings. The van der Waals surface area contributed by atoms with E-state index in [9.17, 15) is 18.7 Å². The van der Waals surface area contributed by atoms with Crippen LogP contribution in [0.5, 0.6) is 0 Å². The third-order valence-corrected chi connectivity index (χ3v) is 3.69. The number of halogens is 3. The van der Waals surface area contributed by atoms with Crippen molar-refractivity contribution in [1.82, 2.24) is 5.32 Å². The number of benzene rings is 2. The first-order valence-corrected chi connectivity index (χ1v) is 7.41. The molecule has 6 heteroatoms. The number of rotatable bonds is 5. The van der Waals surface area contributed by atoms with E-state index >= 15 is 0 Å². The number of aliphatic hydroxyl groups excluding tert-OH is 1. The number of aliphatic hydroxyl groups is 1. The molecule has 0 aromatic heterocycles. The van der Waals surface area contributed by atoms with Gasteiger partial charge in [0.15, 0.2) is 0 Å². The van der Waals surface area contributed by atoms with Crippen LogP contribution in [0.4, 0.5) is 8.78 Å². The van der Waals surface area contributed by atoms with E-state index in [1.54, 1.807) is 31.2 Å². The van der Waals surface area contributed by atoms with Gasteiger partial charge in [-0.1, -0.05) is 29.8 Å². The van der Waals surface area contributed by atoms with Crippen molar-refractivity contribution in [2.75, 3.05) is 0 Å². The number of carbonyl (C=O) groups excluding carboxylic acids is 1. The van der Waals surface area contributed by atoms with Crippen LogP contribution in [0.2, 0.25) is 5.02 Å². The van der Waals surface area contributed by atoms with Crippen molar-refractivity contribution in [1.29, 1.82) is 0 Å². The highest BCUT2D eigenvalue weighted by molar-refractivity contribution is 6.30. The van der Waals surface area contributed by atoms with Crippen LogP contribution in [0.3, 0.4) is 0 Å². The lowest BCUT2D eigenvalue weighted by atomic mass is 10.0. The van der Waals surface area contributed by atoms with Crippen molar-refractivity contribution >= 4 is 17.5 Å². The molecule has 2 aromatic rings. The van der Waals surface area contributed by atoms with Gasteiger partial charge >= 0.3 is 0 Å². The molecule has 0 spiro atoms. The fourth-order valence-electron chi connectivity index (χ4n) is 2.17. The quantitative estimate of drug-likeness (QED) is 0.877. The van der Waals surface area contributed by atoms with Crippen LogP contribution in [0, 0.1) is 11.6 Å². The van der Waals surface area contributed by atoms with Crippen LogP contribution in [-0.2, 0) is 11.2 Å². The van der Waals surface area contributed by atoms with Gasteiger partial charge < -0.3 is 10.4 Å². The molecule has 0 saturated heterocycles. The largest absolute Gasteiger partial charge is 0.386 e. The van der Waals surface area contributed by atoms with Crippen LogP contribution < -0.4 is 5.32 Å². The fraction of sp³-hybridized carbons (Fsp3) is 0.235. The maximum atomic E-state index is 13.5. The molecule has 0 aliphatic carbocycles. The summed E-state index contributed by atoms with van der Waals surface area (Å²) >= 11 is 5.78. The molecule has 3 nitrogen and oxygen atoms in total. The van der Waals surface area contributed by atoms with Crippen LogP contribution >= 0.6 is 11.6 Å². The number of carbonyl (C=O) groups is 1. The Kier molecular flexibility index (Phi) is 5.69. The van der Waals surface area contributed by atoms with Crippen molar-refractivity contribution in [3.63, 3.8) is 0 Å². The van der Waals surface area contributed by atoms with Gasteiger partial charge in [-0.15, -0.1) is 0 Å². The highest BCUT2D eigenvalue weighted by Gasteiger charge is 2.19. The Morgan fingerprint density at radius 1 is 1.22 bits per heavy atom. The number of amides is 1. The van der Waals surface area contributed by atoms with Gasteiger partial charge in [0.1, 0.15) is 11.6 Å². The molecule has 0 bridgehead atoms. The second-order valence-corrected chi connectivity index (χ2v) is 5.70.